The Morgan fingerprint density at radius 3 is 2.85 bits per heavy atom. The zero-order chi connectivity index (χ0) is 14.5. The molecule has 6 heteroatoms. The highest BCUT2D eigenvalue weighted by Crippen LogP contribution is 2.23. The molecule has 0 aliphatic heterocycles. The van der Waals surface area contributed by atoms with E-state index in [0.29, 0.717) is 12.2 Å². The van der Waals surface area contributed by atoms with E-state index in [1.165, 1.54) is 0 Å². The van der Waals surface area contributed by atoms with Crippen LogP contribution in [0.2, 0.25) is 0 Å². The summed E-state index contributed by atoms with van der Waals surface area (Å²) >= 11 is 0. The number of hydrogen-bond donors (Lipinski definition) is 1. The fourth-order valence-corrected chi connectivity index (χ4v) is 2.33. The number of anilines is 1. The van der Waals surface area contributed by atoms with Gasteiger partial charge in [-0.25, -0.2) is 0 Å². The van der Waals surface area contributed by atoms with E-state index in [1.807, 2.05) is 31.2 Å². The van der Waals surface area contributed by atoms with Crippen LogP contribution in [0.4, 0.5) is 5.69 Å². The van der Waals surface area contributed by atoms with Crippen molar-refractivity contribution in [3.05, 3.63) is 30.0 Å². The molecular weight excluding hydrogens is 272 g/mol. The van der Waals surface area contributed by atoms with E-state index in [2.05, 4.69) is 21.6 Å². The molecule has 2 unspecified atom stereocenters. The molecule has 0 aliphatic rings. The van der Waals surface area contributed by atoms with Gasteiger partial charge in [-0.1, -0.05) is 25.1 Å². The van der Waals surface area contributed by atoms with Gasteiger partial charge in [0.25, 0.3) is 0 Å². The van der Waals surface area contributed by atoms with Crippen LogP contribution >= 0.6 is 0 Å². The van der Waals surface area contributed by atoms with E-state index >= 15 is 0 Å². The van der Waals surface area contributed by atoms with Crippen molar-refractivity contribution in [1.29, 1.82) is 5.26 Å². The number of fused-ring (bicyclic) bond motifs is 1. The molecule has 5 nitrogen and oxygen atoms in total. The van der Waals surface area contributed by atoms with E-state index in [-0.39, 0.29) is 10.9 Å². The van der Waals surface area contributed by atoms with Crippen molar-refractivity contribution in [3.8, 4) is 6.07 Å². The predicted octanol–water partition coefficient (Wildman–Crippen LogP) is 2.07. The summed E-state index contributed by atoms with van der Waals surface area (Å²) in [5.41, 5.74) is 1.74. The summed E-state index contributed by atoms with van der Waals surface area (Å²) < 4.78 is 11.3. The molecule has 0 bridgehead atoms. The maximum atomic E-state index is 11.3. The van der Waals surface area contributed by atoms with Gasteiger partial charge in [-0.3, -0.25) is 4.21 Å². The molecule has 1 N–H and O–H groups in total. The third kappa shape index (κ3) is 3.11. The lowest BCUT2D eigenvalue weighted by Crippen LogP contribution is -2.15. The van der Waals surface area contributed by atoms with Gasteiger partial charge < -0.3 is 5.32 Å². The summed E-state index contributed by atoms with van der Waals surface area (Å²) in [6, 6.07) is 9.61. The van der Waals surface area contributed by atoms with Crippen LogP contribution in [0.1, 0.15) is 19.0 Å². The van der Waals surface area contributed by atoms with Crippen LogP contribution in [0.25, 0.3) is 10.9 Å². The molecule has 0 aliphatic carbocycles. The van der Waals surface area contributed by atoms with E-state index < -0.39 is 10.8 Å². The first-order valence-corrected chi connectivity index (χ1v) is 7.97. The summed E-state index contributed by atoms with van der Waals surface area (Å²) in [5.74, 6) is 0. The highest BCUT2D eigenvalue weighted by Gasteiger charge is 2.11. The lowest BCUT2D eigenvalue weighted by atomic mass is 10.1. The molecule has 0 fully saturated rings. The van der Waals surface area contributed by atoms with Crippen LogP contribution in [0.3, 0.4) is 0 Å². The average Bonchev–Trinajstić information content (AvgIpc) is 2.47. The number of rotatable bonds is 5. The van der Waals surface area contributed by atoms with Crippen LogP contribution < -0.4 is 5.32 Å². The fraction of sp³-hybridized carbons (Fsp3) is 0.357. The Bertz CT molecular complexity index is 680. The summed E-state index contributed by atoms with van der Waals surface area (Å²) in [4.78, 5) is 0. The minimum atomic E-state index is -0.835. The first-order valence-electron chi connectivity index (χ1n) is 6.35. The van der Waals surface area contributed by atoms with Crippen molar-refractivity contribution in [2.45, 2.75) is 18.6 Å². The van der Waals surface area contributed by atoms with Crippen molar-refractivity contribution in [3.63, 3.8) is 0 Å². The molecule has 104 valence electrons. The number of aromatic nitrogens is 2. The molecule has 0 saturated carbocycles. The Hall–Kier alpha value is -2.00. The van der Waals surface area contributed by atoms with Gasteiger partial charge in [-0.15, -0.1) is 10.2 Å². The first kappa shape index (κ1) is 14.4. The second kappa shape index (κ2) is 6.44. The number of nitriles is 1. The van der Waals surface area contributed by atoms with Gasteiger partial charge in [0, 0.05) is 34.2 Å². The molecule has 0 amide bonds. The maximum absolute atomic E-state index is 11.3. The third-order valence-corrected chi connectivity index (χ3v) is 4.56. The lowest BCUT2D eigenvalue weighted by Gasteiger charge is -2.12. The van der Waals surface area contributed by atoms with Gasteiger partial charge >= 0.3 is 0 Å². The molecule has 0 radical (unpaired) electrons. The molecule has 0 saturated heterocycles. The van der Waals surface area contributed by atoms with Gasteiger partial charge in [-0.2, -0.15) is 5.26 Å². The smallest absolute Gasteiger partial charge is 0.186 e. The van der Waals surface area contributed by atoms with Gasteiger partial charge in [0.15, 0.2) is 5.69 Å². The molecule has 1 aromatic heterocycles. The zero-order valence-corrected chi connectivity index (χ0v) is 12.3. The van der Waals surface area contributed by atoms with Crippen molar-refractivity contribution in [2.24, 2.45) is 0 Å². The van der Waals surface area contributed by atoms with E-state index in [1.54, 1.807) is 6.26 Å². The zero-order valence-electron chi connectivity index (χ0n) is 11.5. The Morgan fingerprint density at radius 1 is 1.40 bits per heavy atom. The molecule has 2 atom stereocenters. The molecule has 1 aromatic carbocycles. The van der Waals surface area contributed by atoms with Crippen molar-refractivity contribution >= 4 is 27.4 Å². The standard InChI is InChI=1S/C14H16N4OS/c1-10(20(2)19)7-8-16-14-11-5-3-4-6-12(11)17-18-13(14)9-15/h3-6,10H,7-8H2,1-2H3,(H,16,17). The van der Waals surface area contributed by atoms with Crippen LogP contribution in [-0.4, -0.2) is 32.5 Å². The summed E-state index contributed by atoms with van der Waals surface area (Å²) in [6.45, 7) is 2.59. The SMILES string of the molecule is CC(CCNc1c(C#N)nnc2ccccc12)S(C)=O. The largest absolute Gasteiger partial charge is 0.382 e. The molecular formula is C14H16N4OS. The molecule has 0 spiro atoms. The fourth-order valence-electron chi connectivity index (χ4n) is 1.88. The van der Waals surface area contributed by atoms with Crippen LogP contribution in [-0.2, 0) is 10.8 Å². The van der Waals surface area contributed by atoms with Crippen molar-refractivity contribution in [2.75, 3.05) is 18.1 Å². The van der Waals surface area contributed by atoms with Crippen LogP contribution in [0.15, 0.2) is 24.3 Å². The average molecular weight is 288 g/mol. The Balaban J connectivity index is 2.24. The molecule has 2 rings (SSSR count). The lowest BCUT2D eigenvalue weighted by molar-refractivity contribution is 0.672. The number of benzene rings is 1. The number of hydrogen-bond acceptors (Lipinski definition) is 5. The van der Waals surface area contributed by atoms with Gasteiger partial charge in [0.2, 0.25) is 0 Å². The Kier molecular flexibility index (Phi) is 4.64. The number of nitrogens with zero attached hydrogens (tertiary/aromatic N) is 3. The highest BCUT2D eigenvalue weighted by atomic mass is 32.2. The van der Waals surface area contributed by atoms with Gasteiger partial charge in [0.05, 0.1) is 11.2 Å². The van der Waals surface area contributed by atoms with Crippen LogP contribution in [0.5, 0.6) is 0 Å². The topological polar surface area (TPSA) is 78.7 Å². The van der Waals surface area contributed by atoms with Crippen molar-refractivity contribution in [1.82, 2.24) is 10.2 Å². The summed E-state index contributed by atoms with van der Waals surface area (Å²) in [7, 11) is -0.835. The third-order valence-electron chi connectivity index (χ3n) is 3.19. The monoisotopic (exact) mass is 288 g/mol. The van der Waals surface area contributed by atoms with E-state index in [9.17, 15) is 4.21 Å². The Labute approximate surface area is 120 Å². The summed E-state index contributed by atoms with van der Waals surface area (Å²) in [5, 5.41) is 21.3. The van der Waals surface area contributed by atoms with Crippen LogP contribution in [0, 0.1) is 11.3 Å². The molecule has 1 heterocycles. The second-order valence-corrected chi connectivity index (χ2v) is 6.38. The predicted molar refractivity (Wildman–Crippen MR) is 80.9 cm³/mol. The van der Waals surface area contributed by atoms with E-state index in [4.69, 9.17) is 5.26 Å². The molecule has 2 aromatic rings. The second-order valence-electron chi connectivity index (χ2n) is 4.58. The minimum Gasteiger partial charge on any atom is -0.382 e. The summed E-state index contributed by atoms with van der Waals surface area (Å²) in [6.07, 6.45) is 2.47. The van der Waals surface area contributed by atoms with Gasteiger partial charge in [-0.05, 0) is 12.5 Å². The normalized spacial score (nSPS) is 13.7. The van der Waals surface area contributed by atoms with Gasteiger partial charge in [0.1, 0.15) is 6.07 Å². The molecule has 20 heavy (non-hydrogen) atoms. The highest BCUT2D eigenvalue weighted by molar-refractivity contribution is 7.84. The maximum Gasteiger partial charge on any atom is 0.186 e. The minimum absolute atomic E-state index is 0.120. The first-order chi connectivity index (χ1) is 9.63. The quantitative estimate of drug-likeness (QED) is 0.911. The van der Waals surface area contributed by atoms with E-state index in [0.717, 1.165) is 17.3 Å². The number of nitrogens with one attached hydrogen (secondary N) is 1. The Morgan fingerprint density at radius 2 is 2.15 bits per heavy atom. The van der Waals surface area contributed by atoms with Crippen molar-refractivity contribution < 1.29 is 4.21 Å².